The minimum Gasteiger partial charge on any atom is -0.493 e. The molecule has 0 bridgehead atoms. The maximum atomic E-state index is 11.0. The van der Waals surface area contributed by atoms with Gasteiger partial charge in [0.15, 0.2) is 5.13 Å². The number of carbonyl (C=O) groups is 1. The summed E-state index contributed by atoms with van der Waals surface area (Å²) in [5, 5.41) is 10.1. The van der Waals surface area contributed by atoms with E-state index in [4.69, 9.17) is 14.8 Å². The van der Waals surface area contributed by atoms with Crippen LogP contribution in [0.2, 0.25) is 0 Å². The number of carboxylic acids is 1. The zero-order valence-corrected chi connectivity index (χ0v) is 20.7. The van der Waals surface area contributed by atoms with E-state index in [0.717, 1.165) is 67.6 Å². The first-order valence-electron chi connectivity index (χ1n) is 10.7. The lowest BCUT2D eigenvalue weighted by Crippen LogP contribution is -2.31. The smallest absolute Gasteiger partial charge is 0.305 e. The summed E-state index contributed by atoms with van der Waals surface area (Å²) in [6.07, 6.45) is 8.46. The summed E-state index contributed by atoms with van der Waals surface area (Å²) < 4.78 is 6.19. The van der Waals surface area contributed by atoms with Crippen molar-refractivity contribution < 1.29 is 14.6 Å². The van der Waals surface area contributed by atoms with E-state index in [1.165, 1.54) is 10.4 Å². The number of hydrogen-bond donors (Lipinski definition) is 1. The molecule has 0 unspecified atom stereocenters. The molecule has 176 valence electrons. The Morgan fingerprint density at radius 1 is 1.25 bits per heavy atom. The summed E-state index contributed by atoms with van der Waals surface area (Å²) in [6, 6.07) is 6.11. The summed E-state index contributed by atoms with van der Waals surface area (Å²) in [7, 11) is 0. The normalized spacial score (nSPS) is 14.9. The van der Waals surface area contributed by atoms with E-state index in [1.54, 1.807) is 11.3 Å². The molecule has 9 heteroatoms. The molecule has 1 aromatic carbocycles. The first-order valence-corrected chi connectivity index (χ1v) is 11.5. The van der Waals surface area contributed by atoms with Gasteiger partial charge in [-0.3, -0.25) is 4.79 Å². The number of aliphatic carboxylic acids is 1. The van der Waals surface area contributed by atoms with Crippen LogP contribution in [-0.2, 0) is 17.6 Å². The molecule has 1 aromatic heterocycles. The van der Waals surface area contributed by atoms with Gasteiger partial charge in [-0.1, -0.05) is 18.2 Å². The Morgan fingerprint density at radius 3 is 2.84 bits per heavy atom. The van der Waals surface area contributed by atoms with Gasteiger partial charge in [0.05, 0.1) is 18.7 Å². The minimum absolute atomic E-state index is 0. The number of rotatable bonds is 8. The third-order valence-corrected chi connectivity index (χ3v) is 6.78. The molecule has 3 heterocycles. The van der Waals surface area contributed by atoms with Crippen LogP contribution in [0.4, 0.5) is 10.8 Å². The molecule has 0 amide bonds. The second-order valence-corrected chi connectivity index (χ2v) is 8.97. The first kappa shape index (κ1) is 26.3. The number of fused-ring (bicyclic) bond motifs is 1. The predicted octanol–water partition coefficient (Wildman–Crippen LogP) is 4.91. The van der Waals surface area contributed by atoms with Crippen molar-refractivity contribution in [3.8, 4) is 5.75 Å². The largest absolute Gasteiger partial charge is 0.493 e. The molecule has 0 saturated heterocycles. The summed E-state index contributed by atoms with van der Waals surface area (Å²) >= 11 is 1.77. The fraction of sp³-hybridized carbons (Fsp3) is 0.478. The highest BCUT2D eigenvalue weighted by molar-refractivity contribution is 7.15. The third kappa shape index (κ3) is 6.30. The molecular weight excluding hydrogens is 469 g/mol. The number of aromatic nitrogens is 1. The summed E-state index contributed by atoms with van der Waals surface area (Å²) in [5.74, 6) is 0.162. The molecule has 0 aliphatic carbocycles. The van der Waals surface area contributed by atoms with E-state index in [9.17, 15) is 4.79 Å². The second kappa shape index (κ2) is 12.3. The fourth-order valence-electron chi connectivity index (χ4n) is 4.12. The predicted molar refractivity (Wildman–Crippen MR) is 136 cm³/mol. The number of hydrogen-bond acceptors (Lipinski definition) is 6. The lowest BCUT2D eigenvalue weighted by molar-refractivity contribution is -0.136. The topological polar surface area (TPSA) is 65.9 Å². The molecule has 0 atom stereocenters. The van der Waals surface area contributed by atoms with Crippen LogP contribution in [0.15, 0.2) is 30.4 Å². The van der Waals surface area contributed by atoms with Crippen LogP contribution in [-0.4, -0.2) is 48.8 Å². The van der Waals surface area contributed by atoms with Crippen molar-refractivity contribution >= 4 is 52.9 Å². The van der Waals surface area contributed by atoms with E-state index < -0.39 is 5.97 Å². The van der Waals surface area contributed by atoms with Gasteiger partial charge in [0.2, 0.25) is 0 Å². The molecule has 0 radical (unpaired) electrons. The van der Waals surface area contributed by atoms with Gasteiger partial charge in [0.1, 0.15) is 5.75 Å². The standard InChI is InChI=1S/C23H29N3O3S.2ClH/c1-17-19(24-23(30-17)26-12-3-2-4-13-26)11-16-29-21-9-5-8-20-18(21)7-6-14-25(20)15-10-22(27)28;;/h2-3,5,8-9H,4,6-7,10-16H2,1H3,(H,27,28);2*1H. The molecular formula is C23H31Cl2N3O3S. The van der Waals surface area contributed by atoms with E-state index >= 15 is 0 Å². The van der Waals surface area contributed by atoms with Gasteiger partial charge in [-0.05, 0) is 38.3 Å². The molecule has 2 aliphatic rings. The van der Waals surface area contributed by atoms with Crippen molar-refractivity contribution in [3.05, 3.63) is 46.5 Å². The van der Waals surface area contributed by atoms with Crippen molar-refractivity contribution in [2.24, 2.45) is 0 Å². The minimum atomic E-state index is -0.756. The average Bonchev–Trinajstić information content (AvgIpc) is 3.13. The van der Waals surface area contributed by atoms with Crippen LogP contribution in [0.1, 0.15) is 35.4 Å². The van der Waals surface area contributed by atoms with Crippen LogP contribution >= 0.6 is 36.2 Å². The Balaban J connectivity index is 0.00000181. The molecule has 0 spiro atoms. The Labute approximate surface area is 206 Å². The molecule has 2 aliphatic heterocycles. The maximum absolute atomic E-state index is 11.0. The Morgan fingerprint density at radius 2 is 2.09 bits per heavy atom. The number of nitrogens with zero attached hydrogens (tertiary/aromatic N) is 3. The van der Waals surface area contributed by atoms with E-state index in [-0.39, 0.29) is 31.2 Å². The highest BCUT2D eigenvalue weighted by Crippen LogP contribution is 2.34. The van der Waals surface area contributed by atoms with Gasteiger partial charge >= 0.3 is 5.97 Å². The van der Waals surface area contributed by atoms with Crippen LogP contribution in [0, 0.1) is 6.92 Å². The van der Waals surface area contributed by atoms with Gasteiger partial charge in [0.25, 0.3) is 0 Å². The lowest BCUT2D eigenvalue weighted by Gasteiger charge is -2.32. The van der Waals surface area contributed by atoms with Crippen LogP contribution in [0.25, 0.3) is 0 Å². The highest BCUT2D eigenvalue weighted by atomic mass is 35.5. The fourth-order valence-corrected chi connectivity index (χ4v) is 5.11. The monoisotopic (exact) mass is 499 g/mol. The Hall–Kier alpha value is -1.96. The number of anilines is 2. The number of aryl methyl sites for hydroxylation is 1. The average molecular weight is 500 g/mol. The van der Waals surface area contributed by atoms with E-state index in [1.807, 2.05) is 12.1 Å². The molecule has 6 nitrogen and oxygen atoms in total. The number of halogens is 2. The number of benzene rings is 1. The van der Waals surface area contributed by atoms with Crippen molar-refractivity contribution in [1.29, 1.82) is 0 Å². The molecule has 2 aromatic rings. The summed E-state index contributed by atoms with van der Waals surface area (Å²) in [5.41, 5.74) is 3.44. The van der Waals surface area contributed by atoms with Gasteiger partial charge in [-0.25, -0.2) is 4.98 Å². The van der Waals surface area contributed by atoms with Crippen molar-refractivity contribution in [1.82, 2.24) is 4.98 Å². The molecule has 4 rings (SSSR count). The van der Waals surface area contributed by atoms with Crippen molar-refractivity contribution in [3.63, 3.8) is 0 Å². The SMILES string of the molecule is Cc1sc(N2CC=CCC2)nc1CCOc1cccc2c1CCCN2CCC(=O)O.Cl.Cl. The van der Waals surface area contributed by atoms with Crippen LogP contribution in [0.5, 0.6) is 5.75 Å². The third-order valence-electron chi connectivity index (χ3n) is 5.71. The zero-order chi connectivity index (χ0) is 20.9. The Bertz CT molecular complexity index is 935. The summed E-state index contributed by atoms with van der Waals surface area (Å²) in [4.78, 5) is 21.6. The maximum Gasteiger partial charge on any atom is 0.305 e. The van der Waals surface area contributed by atoms with Crippen molar-refractivity contribution in [2.45, 2.75) is 39.0 Å². The number of thiazole rings is 1. The van der Waals surface area contributed by atoms with Crippen molar-refractivity contribution in [2.75, 3.05) is 42.6 Å². The quantitative estimate of drug-likeness (QED) is 0.520. The van der Waals surface area contributed by atoms with E-state index in [2.05, 4.69) is 34.9 Å². The molecule has 0 saturated carbocycles. The van der Waals surface area contributed by atoms with Gasteiger partial charge in [-0.15, -0.1) is 36.2 Å². The van der Waals surface area contributed by atoms with E-state index in [0.29, 0.717) is 13.2 Å². The molecule has 32 heavy (non-hydrogen) atoms. The highest BCUT2D eigenvalue weighted by Gasteiger charge is 2.21. The first-order chi connectivity index (χ1) is 14.6. The summed E-state index contributed by atoms with van der Waals surface area (Å²) in [6.45, 7) is 6.15. The lowest BCUT2D eigenvalue weighted by atomic mass is 10.0. The van der Waals surface area contributed by atoms with Gasteiger partial charge < -0.3 is 19.6 Å². The van der Waals surface area contributed by atoms with Crippen LogP contribution in [0.3, 0.4) is 0 Å². The van der Waals surface area contributed by atoms with Gasteiger partial charge in [0, 0.05) is 48.7 Å². The van der Waals surface area contributed by atoms with Crippen LogP contribution < -0.4 is 14.5 Å². The number of carboxylic acid groups (broad SMARTS) is 1. The Kier molecular flexibility index (Phi) is 10.1. The second-order valence-electron chi connectivity index (χ2n) is 7.79. The number of ether oxygens (including phenoxy) is 1. The molecule has 1 N–H and O–H groups in total. The van der Waals surface area contributed by atoms with Gasteiger partial charge in [-0.2, -0.15) is 0 Å². The zero-order valence-electron chi connectivity index (χ0n) is 18.3. The molecule has 0 fully saturated rings.